The first-order valence-electron chi connectivity index (χ1n) is 8.07. The van der Waals surface area contributed by atoms with Gasteiger partial charge in [-0.05, 0) is 37.1 Å². The lowest BCUT2D eigenvalue weighted by molar-refractivity contribution is -0.121. The van der Waals surface area contributed by atoms with Crippen molar-refractivity contribution in [2.24, 2.45) is 5.92 Å². The molecule has 1 aliphatic rings. The van der Waals surface area contributed by atoms with E-state index in [1.165, 1.54) is 5.56 Å². The molecule has 0 aliphatic carbocycles. The Morgan fingerprint density at radius 1 is 1.13 bits per heavy atom. The summed E-state index contributed by atoms with van der Waals surface area (Å²) in [6.07, 6.45) is 1.91. The second-order valence-electron chi connectivity index (χ2n) is 6.07. The molecule has 2 N–H and O–H groups in total. The zero-order chi connectivity index (χ0) is 16.1. The largest absolute Gasteiger partial charge is 0.506 e. The Kier molecular flexibility index (Phi) is 4.93. The minimum atomic E-state index is -0.0351. The standard InChI is InChI=1S/C19H22N2O2/c22-18-11-5-4-10-17(18)20-19(23)16-9-6-12-21(14-16)13-15-7-2-1-3-8-15/h1-5,7-8,10-11,16,22H,6,9,12-14H2,(H,20,23). The molecule has 4 nitrogen and oxygen atoms in total. The van der Waals surface area contributed by atoms with Gasteiger partial charge < -0.3 is 10.4 Å². The lowest BCUT2D eigenvalue weighted by Crippen LogP contribution is -2.40. The topological polar surface area (TPSA) is 52.6 Å². The Balaban J connectivity index is 1.59. The Morgan fingerprint density at radius 3 is 2.65 bits per heavy atom. The third kappa shape index (κ3) is 4.11. The summed E-state index contributed by atoms with van der Waals surface area (Å²) in [6, 6.07) is 17.2. The minimum Gasteiger partial charge on any atom is -0.506 e. The first kappa shape index (κ1) is 15.6. The molecule has 1 unspecified atom stereocenters. The van der Waals surface area contributed by atoms with Gasteiger partial charge in [0.25, 0.3) is 0 Å². The maximum Gasteiger partial charge on any atom is 0.228 e. The lowest BCUT2D eigenvalue weighted by atomic mass is 9.96. The van der Waals surface area contributed by atoms with E-state index in [2.05, 4.69) is 22.3 Å². The van der Waals surface area contributed by atoms with Crippen LogP contribution < -0.4 is 5.32 Å². The fourth-order valence-electron chi connectivity index (χ4n) is 3.07. The predicted octanol–water partition coefficient (Wildman–Crippen LogP) is 3.24. The molecule has 0 spiro atoms. The van der Waals surface area contributed by atoms with Crippen LogP contribution in [0.5, 0.6) is 5.75 Å². The summed E-state index contributed by atoms with van der Waals surface area (Å²) in [4.78, 5) is 14.8. The number of benzene rings is 2. The number of carbonyl (C=O) groups is 1. The maximum atomic E-state index is 12.5. The molecular formula is C19H22N2O2. The molecule has 1 atom stereocenters. The highest BCUT2D eigenvalue weighted by atomic mass is 16.3. The zero-order valence-corrected chi connectivity index (χ0v) is 13.1. The number of nitrogens with one attached hydrogen (secondary N) is 1. The van der Waals surface area contributed by atoms with E-state index in [9.17, 15) is 9.90 Å². The van der Waals surface area contributed by atoms with Crippen molar-refractivity contribution in [3.05, 3.63) is 60.2 Å². The van der Waals surface area contributed by atoms with Crippen LogP contribution in [0.25, 0.3) is 0 Å². The van der Waals surface area contributed by atoms with Crippen molar-refractivity contribution < 1.29 is 9.90 Å². The predicted molar refractivity (Wildman–Crippen MR) is 91.2 cm³/mol. The van der Waals surface area contributed by atoms with Crippen LogP contribution >= 0.6 is 0 Å². The van der Waals surface area contributed by atoms with Gasteiger partial charge in [0.05, 0.1) is 11.6 Å². The fourth-order valence-corrected chi connectivity index (χ4v) is 3.07. The number of nitrogens with zero attached hydrogens (tertiary/aromatic N) is 1. The molecule has 0 saturated carbocycles. The summed E-state index contributed by atoms with van der Waals surface area (Å²) in [5, 5.41) is 12.6. The number of amides is 1. The number of carbonyl (C=O) groups excluding carboxylic acids is 1. The van der Waals surface area contributed by atoms with Gasteiger partial charge in [-0.2, -0.15) is 0 Å². The molecule has 23 heavy (non-hydrogen) atoms. The van der Waals surface area contributed by atoms with E-state index in [0.29, 0.717) is 5.69 Å². The molecule has 1 heterocycles. The molecule has 2 aromatic rings. The third-order valence-corrected chi connectivity index (χ3v) is 4.29. The Hall–Kier alpha value is -2.33. The highest BCUT2D eigenvalue weighted by Gasteiger charge is 2.26. The lowest BCUT2D eigenvalue weighted by Gasteiger charge is -2.32. The monoisotopic (exact) mass is 310 g/mol. The van der Waals surface area contributed by atoms with Crippen molar-refractivity contribution in [2.45, 2.75) is 19.4 Å². The van der Waals surface area contributed by atoms with Crippen molar-refractivity contribution in [1.82, 2.24) is 4.90 Å². The van der Waals surface area contributed by atoms with Crippen molar-refractivity contribution in [3.8, 4) is 5.75 Å². The highest BCUT2D eigenvalue weighted by Crippen LogP contribution is 2.24. The van der Waals surface area contributed by atoms with Crippen molar-refractivity contribution >= 4 is 11.6 Å². The van der Waals surface area contributed by atoms with Crippen LogP contribution in [-0.4, -0.2) is 29.0 Å². The maximum absolute atomic E-state index is 12.5. The molecule has 1 fully saturated rings. The molecular weight excluding hydrogens is 288 g/mol. The second kappa shape index (κ2) is 7.29. The normalized spacial score (nSPS) is 18.5. The van der Waals surface area contributed by atoms with Crippen LogP contribution in [0.4, 0.5) is 5.69 Å². The Labute approximate surface area is 136 Å². The molecule has 1 saturated heterocycles. The average molecular weight is 310 g/mol. The number of piperidine rings is 1. The fraction of sp³-hybridized carbons (Fsp3) is 0.316. The van der Waals surface area contributed by atoms with Crippen LogP contribution in [0.15, 0.2) is 54.6 Å². The number of para-hydroxylation sites is 2. The third-order valence-electron chi connectivity index (χ3n) is 4.29. The first-order chi connectivity index (χ1) is 11.2. The van der Waals surface area contributed by atoms with E-state index in [1.807, 2.05) is 18.2 Å². The van der Waals surface area contributed by atoms with Gasteiger partial charge in [-0.25, -0.2) is 0 Å². The van der Waals surface area contributed by atoms with Crippen LogP contribution in [0.2, 0.25) is 0 Å². The van der Waals surface area contributed by atoms with Gasteiger partial charge in [-0.15, -0.1) is 0 Å². The van der Waals surface area contributed by atoms with Gasteiger partial charge in [-0.1, -0.05) is 42.5 Å². The Bertz CT molecular complexity index is 657. The number of phenolic OH excluding ortho intramolecular Hbond substituents is 1. The van der Waals surface area contributed by atoms with Gasteiger partial charge in [0, 0.05) is 13.1 Å². The second-order valence-corrected chi connectivity index (χ2v) is 6.07. The van der Waals surface area contributed by atoms with E-state index in [1.54, 1.807) is 24.3 Å². The highest BCUT2D eigenvalue weighted by molar-refractivity contribution is 5.94. The summed E-state index contributed by atoms with van der Waals surface area (Å²) in [7, 11) is 0. The summed E-state index contributed by atoms with van der Waals surface area (Å²) >= 11 is 0. The number of likely N-dealkylation sites (tertiary alicyclic amines) is 1. The zero-order valence-electron chi connectivity index (χ0n) is 13.1. The Morgan fingerprint density at radius 2 is 1.87 bits per heavy atom. The number of rotatable bonds is 4. The van der Waals surface area contributed by atoms with Crippen LogP contribution in [-0.2, 0) is 11.3 Å². The van der Waals surface area contributed by atoms with Gasteiger partial charge >= 0.3 is 0 Å². The van der Waals surface area contributed by atoms with Crippen LogP contribution in [0, 0.1) is 5.92 Å². The summed E-state index contributed by atoms with van der Waals surface area (Å²) in [5.74, 6) is 0.0640. The van der Waals surface area contributed by atoms with E-state index in [4.69, 9.17) is 0 Å². The molecule has 120 valence electrons. The van der Waals surface area contributed by atoms with Crippen LogP contribution in [0.1, 0.15) is 18.4 Å². The average Bonchev–Trinajstić information content (AvgIpc) is 2.58. The van der Waals surface area contributed by atoms with Crippen molar-refractivity contribution in [2.75, 3.05) is 18.4 Å². The SMILES string of the molecule is O=C(Nc1ccccc1O)C1CCCN(Cc2ccccc2)C1. The molecule has 0 aromatic heterocycles. The molecule has 1 aliphatic heterocycles. The number of hydrogen-bond donors (Lipinski definition) is 2. The molecule has 0 radical (unpaired) electrons. The van der Waals surface area contributed by atoms with Crippen molar-refractivity contribution in [1.29, 1.82) is 0 Å². The number of anilines is 1. The van der Waals surface area contributed by atoms with E-state index < -0.39 is 0 Å². The quantitative estimate of drug-likeness (QED) is 0.852. The van der Waals surface area contributed by atoms with E-state index in [0.717, 1.165) is 32.5 Å². The van der Waals surface area contributed by atoms with Gasteiger partial charge in [0.15, 0.2) is 0 Å². The molecule has 3 rings (SSSR count). The number of aromatic hydroxyl groups is 1. The first-order valence-corrected chi connectivity index (χ1v) is 8.07. The van der Waals surface area contributed by atoms with Crippen molar-refractivity contribution in [3.63, 3.8) is 0 Å². The van der Waals surface area contributed by atoms with Gasteiger partial charge in [0.1, 0.15) is 5.75 Å². The molecule has 1 amide bonds. The summed E-state index contributed by atoms with van der Waals surface area (Å²) in [6.45, 7) is 2.66. The number of phenols is 1. The summed E-state index contributed by atoms with van der Waals surface area (Å²) < 4.78 is 0. The van der Waals surface area contributed by atoms with Gasteiger partial charge in [0.2, 0.25) is 5.91 Å². The molecule has 4 heteroatoms. The van der Waals surface area contributed by atoms with E-state index in [-0.39, 0.29) is 17.6 Å². The molecule has 2 aromatic carbocycles. The summed E-state index contributed by atoms with van der Waals surface area (Å²) in [5.41, 5.74) is 1.76. The molecule has 0 bridgehead atoms. The van der Waals surface area contributed by atoms with Gasteiger partial charge in [-0.3, -0.25) is 9.69 Å². The minimum absolute atomic E-state index is 0.00994. The smallest absolute Gasteiger partial charge is 0.228 e. The van der Waals surface area contributed by atoms with Crippen LogP contribution in [0.3, 0.4) is 0 Å². The van der Waals surface area contributed by atoms with E-state index >= 15 is 0 Å². The number of hydrogen-bond acceptors (Lipinski definition) is 3.